The van der Waals surface area contributed by atoms with Crippen molar-refractivity contribution in [2.75, 3.05) is 0 Å². The Morgan fingerprint density at radius 1 is 0.265 bits per heavy atom. The Labute approximate surface area is 215 Å². The first-order valence-electron chi connectivity index (χ1n) is 14.9. The molecule has 0 saturated carbocycles. The molecule has 0 heterocycles. The maximum absolute atomic E-state index is 2.32. The van der Waals surface area contributed by atoms with E-state index in [0.29, 0.717) is 0 Å². The fourth-order valence-electron chi connectivity index (χ4n) is 3.91. The molecule has 0 amide bonds. The highest BCUT2D eigenvalue weighted by Gasteiger charge is 1.91. The van der Waals surface area contributed by atoms with Crippen LogP contribution in [0.15, 0.2) is 72.9 Å². The minimum Gasteiger partial charge on any atom is -0.0845 e. The van der Waals surface area contributed by atoms with Crippen molar-refractivity contribution in [2.45, 2.75) is 142 Å². The quantitative estimate of drug-likeness (QED) is 0.0926. The molecule has 0 atom stereocenters. The summed E-state index contributed by atoms with van der Waals surface area (Å²) in [7, 11) is 0. The first kappa shape index (κ1) is 32.4. The molecular weight excluding hydrogens is 408 g/mol. The van der Waals surface area contributed by atoms with Crippen molar-refractivity contribution in [2.24, 2.45) is 0 Å². The first-order chi connectivity index (χ1) is 16.9. The second kappa shape index (κ2) is 31.4. The van der Waals surface area contributed by atoms with Crippen LogP contribution in [0.4, 0.5) is 0 Å². The molecule has 0 fully saturated rings. The molecule has 0 heteroatoms. The van der Waals surface area contributed by atoms with E-state index in [4.69, 9.17) is 0 Å². The predicted molar refractivity (Wildman–Crippen MR) is 159 cm³/mol. The van der Waals surface area contributed by atoms with Crippen LogP contribution in [0.5, 0.6) is 0 Å². The molecule has 194 valence electrons. The highest BCUT2D eigenvalue weighted by Crippen LogP contribution is 2.11. The van der Waals surface area contributed by atoms with E-state index < -0.39 is 0 Å². The van der Waals surface area contributed by atoms with Crippen molar-refractivity contribution < 1.29 is 0 Å². The van der Waals surface area contributed by atoms with Gasteiger partial charge < -0.3 is 0 Å². The summed E-state index contributed by atoms with van der Waals surface area (Å²) in [5.74, 6) is 0. The van der Waals surface area contributed by atoms with E-state index >= 15 is 0 Å². The molecule has 0 spiro atoms. The SMILES string of the molecule is CCCC/C=C/C=C/C=C/CCCCCCC/C=C/C=C/C=C/CCCCCCCCCCC. The van der Waals surface area contributed by atoms with Crippen LogP contribution in [-0.4, -0.2) is 0 Å². The predicted octanol–water partition coefficient (Wildman–Crippen LogP) is 12.2. The average molecular weight is 467 g/mol. The standard InChI is InChI=1S/C34H58/c1-3-5-7-9-11-13-15-17-19-21-23-25-27-29-31-33-34-32-30-28-26-24-22-20-18-16-14-12-10-8-6-4-2/h9,11,13,15,17,19,24,26,28,30,32,34H,3-8,10,12,14,16,18,20-23,25,27,29,31,33H2,1-2H3/b11-9+,15-13+,19-17+,26-24+,30-28+,34-32+. The zero-order valence-electron chi connectivity index (χ0n) is 23.1. The molecule has 0 aliphatic rings. The number of allylic oxidation sites excluding steroid dienone is 12. The summed E-state index contributed by atoms with van der Waals surface area (Å²) in [4.78, 5) is 0. The fourth-order valence-corrected chi connectivity index (χ4v) is 3.91. The van der Waals surface area contributed by atoms with E-state index in [-0.39, 0.29) is 0 Å². The molecule has 0 radical (unpaired) electrons. The van der Waals surface area contributed by atoms with Crippen LogP contribution in [0.1, 0.15) is 142 Å². The van der Waals surface area contributed by atoms with Gasteiger partial charge in [0.1, 0.15) is 0 Å². The molecule has 34 heavy (non-hydrogen) atoms. The lowest BCUT2D eigenvalue weighted by Gasteiger charge is -2.00. The Kier molecular flexibility index (Phi) is 30.0. The monoisotopic (exact) mass is 466 g/mol. The molecule has 0 bridgehead atoms. The summed E-state index contributed by atoms with van der Waals surface area (Å²) in [6.07, 6.45) is 53.5. The highest BCUT2D eigenvalue weighted by molar-refractivity contribution is 5.11. The summed E-state index contributed by atoms with van der Waals surface area (Å²) in [5, 5.41) is 0. The second-order valence-electron chi connectivity index (χ2n) is 9.59. The van der Waals surface area contributed by atoms with Gasteiger partial charge in [0.05, 0.1) is 0 Å². The van der Waals surface area contributed by atoms with Gasteiger partial charge in [0.2, 0.25) is 0 Å². The third-order valence-electron chi connectivity index (χ3n) is 6.15. The Morgan fingerprint density at radius 2 is 0.529 bits per heavy atom. The first-order valence-corrected chi connectivity index (χ1v) is 14.9. The third-order valence-corrected chi connectivity index (χ3v) is 6.15. The topological polar surface area (TPSA) is 0 Å². The molecule has 0 aliphatic carbocycles. The Hall–Kier alpha value is -1.56. The van der Waals surface area contributed by atoms with Gasteiger partial charge in [-0.2, -0.15) is 0 Å². The molecule has 0 saturated heterocycles. The van der Waals surface area contributed by atoms with Crippen molar-refractivity contribution in [3.8, 4) is 0 Å². The van der Waals surface area contributed by atoms with Gasteiger partial charge in [0.15, 0.2) is 0 Å². The molecule has 0 nitrogen and oxygen atoms in total. The van der Waals surface area contributed by atoms with Crippen LogP contribution >= 0.6 is 0 Å². The van der Waals surface area contributed by atoms with Crippen LogP contribution in [0, 0.1) is 0 Å². The van der Waals surface area contributed by atoms with Crippen molar-refractivity contribution in [3.63, 3.8) is 0 Å². The van der Waals surface area contributed by atoms with E-state index in [9.17, 15) is 0 Å². The lowest BCUT2D eigenvalue weighted by atomic mass is 10.1. The molecule has 0 N–H and O–H groups in total. The zero-order valence-corrected chi connectivity index (χ0v) is 23.1. The van der Waals surface area contributed by atoms with Gasteiger partial charge in [0, 0.05) is 0 Å². The van der Waals surface area contributed by atoms with Gasteiger partial charge in [-0.25, -0.2) is 0 Å². The van der Waals surface area contributed by atoms with Gasteiger partial charge in [-0.3, -0.25) is 0 Å². The molecular formula is C34H58. The minimum atomic E-state index is 1.20. The van der Waals surface area contributed by atoms with Crippen LogP contribution in [-0.2, 0) is 0 Å². The molecule has 0 aromatic carbocycles. The largest absolute Gasteiger partial charge is 0.0845 e. The summed E-state index contributed by atoms with van der Waals surface area (Å²) in [5.41, 5.74) is 0. The van der Waals surface area contributed by atoms with E-state index in [2.05, 4.69) is 86.8 Å². The summed E-state index contributed by atoms with van der Waals surface area (Å²) in [6.45, 7) is 4.53. The van der Waals surface area contributed by atoms with Gasteiger partial charge in [0.25, 0.3) is 0 Å². The maximum Gasteiger partial charge on any atom is -0.0348 e. The fraction of sp³-hybridized carbons (Fsp3) is 0.647. The summed E-state index contributed by atoms with van der Waals surface area (Å²) < 4.78 is 0. The molecule has 0 rings (SSSR count). The second-order valence-corrected chi connectivity index (χ2v) is 9.59. The smallest absolute Gasteiger partial charge is 0.0348 e. The van der Waals surface area contributed by atoms with Gasteiger partial charge in [-0.05, 0) is 44.9 Å². The van der Waals surface area contributed by atoms with Gasteiger partial charge in [-0.1, -0.05) is 170 Å². The van der Waals surface area contributed by atoms with E-state index in [1.807, 2.05) is 0 Å². The molecule has 0 aromatic rings. The normalized spacial score (nSPS) is 12.9. The third kappa shape index (κ3) is 30.4. The van der Waals surface area contributed by atoms with Crippen LogP contribution in [0.3, 0.4) is 0 Å². The average Bonchev–Trinajstić information content (AvgIpc) is 2.85. The van der Waals surface area contributed by atoms with E-state index in [1.165, 1.54) is 128 Å². The highest BCUT2D eigenvalue weighted by atomic mass is 14.0. The Morgan fingerprint density at radius 3 is 0.853 bits per heavy atom. The van der Waals surface area contributed by atoms with Crippen molar-refractivity contribution >= 4 is 0 Å². The number of rotatable bonds is 25. The molecule has 0 aliphatic heterocycles. The Bertz CT molecular complexity index is 540. The number of hydrogen-bond acceptors (Lipinski definition) is 0. The van der Waals surface area contributed by atoms with E-state index in [0.717, 1.165) is 0 Å². The lowest BCUT2D eigenvalue weighted by molar-refractivity contribution is 0.566. The van der Waals surface area contributed by atoms with Crippen LogP contribution in [0.25, 0.3) is 0 Å². The number of hydrogen-bond donors (Lipinski definition) is 0. The van der Waals surface area contributed by atoms with Crippen molar-refractivity contribution in [1.29, 1.82) is 0 Å². The van der Waals surface area contributed by atoms with E-state index in [1.54, 1.807) is 0 Å². The number of unbranched alkanes of at least 4 members (excludes halogenated alkanes) is 17. The molecule has 0 aromatic heterocycles. The van der Waals surface area contributed by atoms with Gasteiger partial charge in [-0.15, -0.1) is 0 Å². The minimum absolute atomic E-state index is 1.20. The Balaban J connectivity index is 3.36. The summed E-state index contributed by atoms with van der Waals surface area (Å²) in [6, 6.07) is 0. The van der Waals surface area contributed by atoms with Crippen LogP contribution in [0.2, 0.25) is 0 Å². The summed E-state index contributed by atoms with van der Waals surface area (Å²) >= 11 is 0. The maximum atomic E-state index is 2.32. The van der Waals surface area contributed by atoms with Crippen LogP contribution < -0.4 is 0 Å². The van der Waals surface area contributed by atoms with Crippen molar-refractivity contribution in [3.05, 3.63) is 72.9 Å². The van der Waals surface area contributed by atoms with Gasteiger partial charge >= 0.3 is 0 Å². The lowest BCUT2D eigenvalue weighted by Crippen LogP contribution is -1.80. The zero-order chi connectivity index (χ0) is 24.6. The van der Waals surface area contributed by atoms with Crippen molar-refractivity contribution in [1.82, 2.24) is 0 Å². The molecule has 0 unspecified atom stereocenters.